The average Bonchev–Trinajstić information content (AvgIpc) is 3.13. The van der Waals surface area contributed by atoms with Crippen molar-refractivity contribution in [2.45, 2.75) is 19.9 Å². The van der Waals surface area contributed by atoms with Crippen molar-refractivity contribution in [1.29, 1.82) is 0 Å². The molecule has 0 saturated carbocycles. The van der Waals surface area contributed by atoms with Crippen LogP contribution in [0.3, 0.4) is 0 Å². The highest BCUT2D eigenvalue weighted by Crippen LogP contribution is 2.32. The molecule has 2 N–H and O–H groups in total. The molecule has 1 aliphatic heterocycles. The normalized spacial score (nSPS) is 12.8. The van der Waals surface area contributed by atoms with Gasteiger partial charge in [-0.25, -0.2) is 0 Å². The minimum absolute atomic E-state index is 0.292. The molecular formula is C20H25N3O3. The topological polar surface area (TPSA) is 64.1 Å². The Kier molecular flexibility index (Phi) is 6.19. The first-order chi connectivity index (χ1) is 12.7. The maximum absolute atomic E-state index is 5.72. The number of ether oxygens (including phenoxy) is 3. The van der Waals surface area contributed by atoms with Crippen LogP contribution in [0.25, 0.3) is 0 Å². The van der Waals surface area contributed by atoms with Crippen molar-refractivity contribution in [2.75, 3.05) is 27.0 Å². The van der Waals surface area contributed by atoms with Gasteiger partial charge in [-0.3, -0.25) is 4.99 Å². The molecule has 0 atom stereocenters. The highest BCUT2D eigenvalue weighted by molar-refractivity contribution is 5.79. The molecule has 0 aliphatic carbocycles. The Bertz CT molecular complexity index is 744. The molecule has 0 fully saturated rings. The van der Waals surface area contributed by atoms with Gasteiger partial charge in [0.05, 0.1) is 6.61 Å². The van der Waals surface area contributed by atoms with Crippen molar-refractivity contribution >= 4 is 5.96 Å². The van der Waals surface area contributed by atoms with Gasteiger partial charge in [0, 0.05) is 20.1 Å². The van der Waals surface area contributed by atoms with E-state index in [-0.39, 0.29) is 0 Å². The Morgan fingerprint density at radius 3 is 2.69 bits per heavy atom. The number of benzene rings is 2. The first-order valence-corrected chi connectivity index (χ1v) is 8.77. The lowest BCUT2D eigenvalue weighted by atomic mass is 10.2. The number of aliphatic imine (C=N–C) groups is 1. The lowest BCUT2D eigenvalue weighted by Crippen LogP contribution is -2.37. The van der Waals surface area contributed by atoms with E-state index in [0.29, 0.717) is 19.9 Å². The Balaban J connectivity index is 1.35. The van der Waals surface area contributed by atoms with Crippen molar-refractivity contribution in [3.8, 4) is 17.2 Å². The number of nitrogens with one attached hydrogen (secondary N) is 2. The van der Waals surface area contributed by atoms with Crippen molar-refractivity contribution in [1.82, 2.24) is 10.6 Å². The first kappa shape index (κ1) is 17.9. The highest BCUT2D eigenvalue weighted by Gasteiger charge is 2.13. The van der Waals surface area contributed by atoms with Crippen LogP contribution in [0.2, 0.25) is 0 Å². The first-order valence-electron chi connectivity index (χ1n) is 8.77. The van der Waals surface area contributed by atoms with Gasteiger partial charge in [-0.05, 0) is 43.2 Å². The molecule has 0 aromatic heterocycles. The molecule has 6 nitrogen and oxygen atoms in total. The summed E-state index contributed by atoms with van der Waals surface area (Å²) in [4.78, 5) is 4.24. The molecule has 0 radical (unpaired) electrons. The van der Waals surface area contributed by atoms with Crippen molar-refractivity contribution < 1.29 is 14.2 Å². The van der Waals surface area contributed by atoms with Crippen LogP contribution in [0.1, 0.15) is 17.5 Å². The van der Waals surface area contributed by atoms with E-state index in [1.807, 2.05) is 30.3 Å². The molecule has 1 heterocycles. The van der Waals surface area contributed by atoms with Crippen LogP contribution in [0.5, 0.6) is 17.2 Å². The summed E-state index contributed by atoms with van der Waals surface area (Å²) in [6.07, 6.45) is 0.888. The van der Waals surface area contributed by atoms with Gasteiger partial charge in [0.15, 0.2) is 17.5 Å². The molecule has 0 saturated heterocycles. The second-order valence-corrected chi connectivity index (χ2v) is 6.06. The third kappa shape index (κ3) is 5.05. The predicted octanol–water partition coefficient (Wildman–Crippen LogP) is 2.86. The van der Waals surface area contributed by atoms with Crippen molar-refractivity contribution in [3.63, 3.8) is 0 Å². The van der Waals surface area contributed by atoms with E-state index in [4.69, 9.17) is 14.2 Å². The summed E-state index contributed by atoms with van der Waals surface area (Å²) in [7, 11) is 1.76. The van der Waals surface area contributed by atoms with Gasteiger partial charge in [-0.2, -0.15) is 0 Å². The monoisotopic (exact) mass is 355 g/mol. The van der Waals surface area contributed by atoms with Gasteiger partial charge in [0.25, 0.3) is 0 Å². The van der Waals surface area contributed by atoms with Gasteiger partial charge in [0.2, 0.25) is 6.79 Å². The number of hydrogen-bond donors (Lipinski definition) is 2. The Hall–Kier alpha value is -2.89. The third-order valence-electron chi connectivity index (χ3n) is 4.02. The Morgan fingerprint density at radius 2 is 1.88 bits per heavy atom. The van der Waals surface area contributed by atoms with Gasteiger partial charge in [-0.15, -0.1) is 0 Å². The van der Waals surface area contributed by atoms with E-state index in [1.54, 1.807) is 7.05 Å². The molecule has 3 rings (SSSR count). The number of guanidine groups is 1. The number of hydrogen-bond acceptors (Lipinski definition) is 4. The van der Waals surface area contributed by atoms with Gasteiger partial charge < -0.3 is 24.8 Å². The quantitative estimate of drug-likeness (QED) is 0.454. The summed E-state index contributed by atoms with van der Waals surface area (Å²) in [6.45, 7) is 4.47. The molecular weight excluding hydrogens is 330 g/mol. The van der Waals surface area contributed by atoms with Crippen LogP contribution in [-0.4, -0.2) is 33.0 Å². The van der Waals surface area contributed by atoms with Crippen LogP contribution >= 0.6 is 0 Å². The van der Waals surface area contributed by atoms with E-state index in [0.717, 1.165) is 41.7 Å². The second-order valence-electron chi connectivity index (χ2n) is 6.06. The van der Waals surface area contributed by atoms with E-state index < -0.39 is 0 Å². The van der Waals surface area contributed by atoms with Crippen LogP contribution in [-0.2, 0) is 6.54 Å². The van der Waals surface area contributed by atoms with E-state index >= 15 is 0 Å². The summed E-state index contributed by atoms with van der Waals surface area (Å²) < 4.78 is 16.4. The zero-order valence-corrected chi connectivity index (χ0v) is 15.2. The number of fused-ring (bicyclic) bond motifs is 1. The predicted molar refractivity (Wildman–Crippen MR) is 102 cm³/mol. The fraction of sp³-hybridized carbons (Fsp3) is 0.350. The van der Waals surface area contributed by atoms with E-state index in [2.05, 4.69) is 34.7 Å². The maximum atomic E-state index is 5.72. The van der Waals surface area contributed by atoms with Crippen LogP contribution in [0.4, 0.5) is 0 Å². The molecule has 138 valence electrons. The molecule has 0 amide bonds. The highest BCUT2D eigenvalue weighted by atomic mass is 16.7. The lowest BCUT2D eigenvalue weighted by molar-refractivity contribution is 0.174. The number of rotatable bonds is 7. The van der Waals surface area contributed by atoms with Gasteiger partial charge >= 0.3 is 0 Å². The van der Waals surface area contributed by atoms with Gasteiger partial charge in [0.1, 0.15) is 5.75 Å². The SMILES string of the molecule is CN=C(NCCCOc1ccc(C)cc1)NCc1ccc2c(c1)OCO2. The summed E-state index contributed by atoms with van der Waals surface area (Å²) in [6, 6.07) is 14.0. The molecule has 26 heavy (non-hydrogen) atoms. The molecule has 2 aromatic rings. The average molecular weight is 355 g/mol. The van der Waals surface area contributed by atoms with Crippen LogP contribution < -0.4 is 24.8 Å². The summed E-state index contributed by atoms with van der Waals surface area (Å²) in [5, 5.41) is 6.58. The molecule has 2 aromatic carbocycles. The number of nitrogens with zero attached hydrogens (tertiary/aromatic N) is 1. The van der Waals surface area contributed by atoms with E-state index in [9.17, 15) is 0 Å². The molecule has 1 aliphatic rings. The second kappa shape index (κ2) is 8.99. The fourth-order valence-corrected chi connectivity index (χ4v) is 2.56. The Morgan fingerprint density at radius 1 is 1.08 bits per heavy atom. The number of aryl methyl sites for hydroxylation is 1. The smallest absolute Gasteiger partial charge is 0.231 e. The summed E-state index contributed by atoms with van der Waals surface area (Å²) >= 11 is 0. The molecule has 0 bridgehead atoms. The third-order valence-corrected chi connectivity index (χ3v) is 4.02. The molecule has 0 spiro atoms. The minimum Gasteiger partial charge on any atom is -0.494 e. The summed E-state index contributed by atoms with van der Waals surface area (Å²) in [5.41, 5.74) is 2.34. The molecule has 6 heteroatoms. The van der Waals surface area contributed by atoms with Gasteiger partial charge in [-0.1, -0.05) is 23.8 Å². The standard InChI is InChI=1S/C20H25N3O3/c1-15-4-7-17(8-5-15)24-11-3-10-22-20(21-2)23-13-16-6-9-18-19(12-16)26-14-25-18/h4-9,12H,3,10-11,13-14H2,1-2H3,(H2,21,22,23). The van der Waals surface area contributed by atoms with Crippen LogP contribution in [0, 0.1) is 6.92 Å². The minimum atomic E-state index is 0.292. The van der Waals surface area contributed by atoms with Crippen LogP contribution in [0.15, 0.2) is 47.5 Å². The van der Waals surface area contributed by atoms with Crippen molar-refractivity contribution in [3.05, 3.63) is 53.6 Å². The summed E-state index contributed by atoms with van der Waals surface area (Å²) in [5.74, 6) is 3.25. The zero-order chi connectivity index (χ0) is 18.2. The molecule has 0 unspecified atom stereocenters. The van der Waals surface area contributed by atoms with Crippen molar-refractivity contribution in [2.24, 2.45) is 4.99 Å². The largest absolute Gasteiger partial charge is 0.494 e. The zero-order valence-electron chi connectivity index (χ0n) is 15.2. The fourth-order valence-electron chi connectivity index (χ4n) is 2.56. The lowest BCUT2D eigenvalue weighted by Gasteiger charge is -2.12. The Labute approximate surface area is 154 Å². The maximum Gasteiger partial charge on any atom is 0.231 e. The van der Waals surface area contributed by atoms with E-state index in [1.165, 1.54) is 5.56 Å².